The number of likely N-dealkylation sites (tertiary alicyclic amines) is 1. The normalized spacial score (nSPS) is 20.3. The maximum absolute atomic E-state index is 13.1. The van der Waals surface area contributed by atoms with Gasteiger partial charge >= 0.3 is 7.82 Å². The van der Waals surface area contributed by atoms with Crippen molar-refractivity contribution in [1.29, 1.82) is 0 Å². The number of fused-ring (bicyclic) bond motifs is 1. The van der Waals surface area contributed by atoms with E-state index in [4.69, 9.17) is 17.4 Å². The van der Waals surface area contributed by atoms with Gasteiger partial charge in [0.25, 0.3) is 0 Å². The molecular formula is C21H21ClNO8P. The summed E-state index contributed by atoms with van der Waals surface area (Å²) in [4.78, 5) is 33.6. The highest BCUT2D eigenvalue weighted by Gasteiger charge is 2.34. The average Bonchev–Trinajstić information content (AvgIpc) is 2.67. The first-order valence-electron chi connectivity index (χ1n) is 10.2. The molecule has 2 atom stereocenters. The van der Waals surface area contributed by atoms with Crippen LogP contribution in [0.5, 0.6) is 11.5 Å². The van der Waals surface area contributed by atoms with E-state index >= 15 is 0 Å². The van der Waals surface area contributed by atoms with Gasteiger partial charge in [-0.05, 0) is 32.1 Å². The lowest BCUT2D eigenvalue weighted by Crippen LogP contribution is -2.40. The molecule has 170 valence electrons. The van der Waals surface area contributed by atoms with Crippen molar-refractivity contribution >= 4 is 30.4 Å². The van der Waals surface area contributed by atoms with Gasteiger partial charge in [-0.2, -0.15) is 0 Å². The van der Waals surface area contributed by atoms with E-state index in [0.29, 0.717) is 25.1 Å². The number of phenolic OH excluding ortho intramolecular Hbond substituents is 1. The maximum atomic E-state index is 13.1. The van der Waals surface area contributed by atoms with Crippen LogP contribution in [0.2, 0.25) is 5.02 Å². The van der Waals surface area contributed by atoms with Crippen LogP contribution in [0, 0.1) is 0 Å². The number of hydrogen-bond donors (Lipinski definition) is 4. The van der Waals surface area contributed by atoms with Crippen molar-refractivity contribution in [2.24, 2.45) is 0 Å². The van der Waals surface area contributed by atoms with Crippen LogP contribution in [-0.2, 0) is 4.57 Å². The van der Waals surface area contributed by atoms with Gasteiger partial charge in [0.15, 0.2) is 5.43 Å². The van der Waals surface area contributed by atoms with Gasteiger partial charge in [-0.1, -0.05) is 23.7 Å². The van der Waals surface area contributed by atoms with Gasteiger partial charge in [-0.15, -0.1) is 0 Å². The SMILES string of the molecule is [2H]c1ccc(-c2cc(=O)c3c(OP(=O)(O)O)cc(O)c([C@H]4CCN(C)C[C@H]4O)c3o2)c(Cl)c1. The Hall–Kier alpha value is -2.39. The van der Waals surface area contributed by atoms with Crippen molar-refractivity contribution in [2.45, 2.75) is 18.4 Å². The largest absolute Gasteiger partial charge is 0.524 e. The third-order valence-electron chi connectivity index (χ3n) is 5.43. The summed E-state index contributed by atoms with van der Waals surface area (Å²) in [6.07, 6.45) is -0.465. The van der Waals surface area contributed by atoms with Crippen LogP contribution in [0.15, 0.2) is 45.6 Å². The molecule has 32 heavy (non-hydrogen) atoms. The zero-order chi connectivity index (χ0) is 24.1. The van der Waals surface area contributed by atoms with Gasteiger partial charge in [0.05, 0.1) is 12.5 Å². The minimum Gasteiger partial charge on any atom is -0.507 e. The van der Waals surface area contributed by atoms with Gasteiger partial charge < -0.3 is 24.1 Å². The Labute approximate surface area is 189 Å². The molecule has 1 aliphatic heterocycles. The lowest BCUT2D eigenvalue weighted by molar-refractivity contribution is 0.0630. The second-order valence-electron chi connectivity index (χ2n) is 7.70. The molecule has 9 nitrogen and oxygen atoms in total. The summed E-state index contributed by atoms with van der Waals surface area (Å²) in [5, 5.41) is 21.4. The molecule has 0 bridgehead atoms. The van der Waals surface area contributed by atoms with Gasteiger partial charge in [-0.3, -0.25) is 14.6 Å². The predicted octanol–water partition coefficient (Wildman–Crippen LogP) is 3.07. The number of piperidine rings is 1. The lowest BCUT2D eigenvalue weighted by atomic mass is 9.85. The number of phenols is 1. The van der Waals surface area contributed by atoms with E-state index in [9.17, 15) is 29.4 Å². The van der Waals surface area contributed by atoms with Crippen molar-refractivity contribution < 1.29 is 34.9 Å². The Bertz CT molecular complexity index is 1340. The number of halogens is 1. The summed E-state index contributed by atoms with van der Waals surface area (Å²) < 4.78 is 29.8. The van der Waals surface area contributed by atoms with Crippen molar-refractivity contribution in [3.05, 3.63) is 57.2 Å². The number of hydrogen-bond acceptors (Lipinski definition) is 7. The van der Waals surface area contributed by atoms with E-state index in [1.165, 1.54) is 18.2 Å². The van der Waals surface area contributed by atoms with E-state index in [0.717, 1.165) is 12.1 Å². The van der Waals surface area contributed by atoms with Crippen molar-refractivity contribution in [3.8, 4) is 22.8 Å². The Morgan fingerprint density at radius 3 is 2.75 bits per heavy atom. The predicted molar refractivity (Wildman–Crippen MR) is 118 cm³/mol. The highest BCUT2D eigenvalue weighted by atomic mass is 35.5. The maximum Gasteiger partial charge on any atom is 0.524 e. The van der Waals surface area contributed by atoms with Crippen molar-refractivity contribution in [3.63, 3.8) is 0 Å². The number of phosphoric acid groups is 1. The van der Waals surface area contributed by atoms with Crippen LogP contribution in [0.1, 0.15) is 19.3 Å². The molecule has 4 N–H and O–H groups in total. The van der Waals surface area contributed by atoms with Gasteiger partial charge in [0.2, 0.25) is 0 Å². The van der Waals surface area contributed by atoms with Crippen LogP contribution in [0.4, 0.5) is 0 Å². The van der Waals surface area contributed by atoms with Gasteiger partial charge in [0.1, 0.15) is 28.2 Å². The summed E-state index contributed by atoms with van der Waals surface area (Å²) in [6, 6.07) is 6.50. The Kier molecular flexibility index (Phi) is 5.71. The fourth-order valence-corrected chi connectivity index (χ4v) is 4.65. The van der Waals surface area contributed by atoms with E-state index < -0.39 is 36.8 Å². The smallest absolute Gasteiger partial charge is 0.507 e. The number of likely N-dealkylation sites (N-methyl/N-ethyl adjacent to an activating group) is 1. The summed E-state index contributed by atoms with van der Waals surface area (Å²) >= 11 is 6.24. The van der Waals surface area contributed by atoms with E-state index in [1.807, 2.05) is 11.9 Å². The molecule has 11 heteroatoms. The van der Waals surface area contributed by atoms with Crippen LogP contribution >= 0.6 is 19.4 Å². The molecule has 0 radical (unpaired) electrons. The van der Waals surface area contributed by atoms with Crippen LogP contribution in [0.25, 0.3) is 22.3 Å². The number of nitrogens with zero attached hydrogens (tertiary/aromatic N) is 1. The molecule has 0 spiro atoms. The third kappa shape index (κ3) is 4.41. The number of rotatable bonds is 4. The van der Waals surface area contributed by atoms with Gasteiger partial charge in [0, 0.05) is 35.7 Å². The Morgan fingerprint density at radius 1 is 1.34 bits per heavy atom. The van der Waals surface area contributed by atoms with E-state index in [2.05, 4.69) is 4.52 Å². The summed E-state index contributed by atoms with van der Waals surface area (Å²) in [5.74, 6) is -1.58. The van der Waals surface area contributed by atoms with E-state index in [1.54, 1.807) is 0 Å². The minimum atomic E-state index is -5.07. The van der Waals surface area contributed by atoms with E-state index in [-0.39, 0.29) is 33.4 Å². The van der Waals surface area contributed by atoms with Crippen LogP contribution in [0.3, 0.4) is 0 Å². The molecule has 4 rings (SSSR count). The molecule has 2 heterocycles. The van der Waals surface area contributed by atoms with Crippen LogP contribution < -0.4 is 9.95 Å². The molecule has 0 unspecified atom stereocenters. The first kappa shape index (κ1) is 21.5. The lowest BCUT2D eigenvalue weighted by Gasteiger charge is -2.34. The molecule has 0 amide bonds. The molecule has 1 aromatic heterocycles. The van der Waals surface area contributed by atoms with Crippen molar-refractivity contribution in [1.82, 2.24) is 4.90 Å². The summed E-state index contributed by atoms with van der Waals surface area (Å²) in [6.45, 7) is 0.914. The molecule has 0 saturated carbocycles. The molecule has 0 aliphatic carbocycles. The third-order valence-corrected chi connectivity index (χ3v) is 6.18. The van der Waals surface area contributed by atoms with Crippen LogP contribution in [-0.4, -0.2) is 51.1 Å². The number of aliphatic hydroxyl groups is 1. The molecule has 1 aliphatic rings. The zero-order valence-corrected chi connectivity index (χ0v) is 18.5. The fourth-order valence-electron chi connectivity index (χ4n) is 4.03. The highest BCUT2D eigenvalue weighted by Crippen LogP contribution is 2.47. The minimum absolute atomic E-state index is 0.0221. The first-order valence-corrected chi connectivity index (χ1v) is 11.6. The number of aliphatic hydroxyl groups excluding tert-OH is 1. The first-order chi connectivity index (χ1) is 15.4. The number of phosphoric ester groups is 1. The Balaban J connectivity index is 2.03. The molecule has 1 fully saturated rings. The quantitative estimate of drug-likeness (QED) is 0.413. The molecule has 2 aromatic carbocycles. The summed E-state index contributed by atoms with van der Waals surface area (Å²) in [7, 11) is -3.23. The topological polar surface area (TPSA) is 141 Å². The van der Waals surface area contributed by atoms with Gasteiger partial charge in [-0.25, -0.2) is 4.57 Å². The van der Waals surface area contributed by atoms with Crippen molar-refractivity contribution in [2.75, 3.05) is 20.1 Å². The fraction of sp³-hybridized carbons (Fsp3) is 0.286. The molecule has 3 aromatic rings. The number of aromatic hydroxyl groups is 1. The number of benzene rings is 2. The standard InChI is InChI=1S/C21H21ClNO8P/c1-23-7-6-12(16(26)10-23)19-14(24)9-18(31-32(27,28)29)20-15(25)8-17(30-21(19)20)11-4-2-3-5-13(11)22/h2-5,8-9,12,16,24,26H,6-7,10H2,1H3,(H2,27,28,29)/t12-,16+/m0/s1/i3D. The highest BCUT2D eigenvalue weighted by molar-refractivity contribution is 7.46. The zero-order valence-electron chi connectivity index (χ0n) is 17.9. The Morgan fingerprint density at radius 2 is 2.09 bits per heavy atom. The number of β-amino-alcohol motifs (C(OH)–C–C–N with tert-alkyl or cyclic N) is 1. The average molecular weight is 483 g/mol. The molecular weight excluding hydrogens is 461 g/mol. The summed E-state index contributed by atoms with van der Waals surface area (Å²) in [5.41, 5.74) is -0.414. The second-order valence-corrected chi connectivity index (χ2v) is 9.27. The second kappa shape index (κ2) is 8.51. The monoisotopic (exact) mass is 482 g/mol. The molecule has 1 saturated heterocycles.